The number of nitrogens with one attached hydrogen (secondary N) is 1. The van der Waals surface area contributed by atoms with Crippen LogP contribution in [0.1, 0.15) is 6.92 Å². The second kappa shape index (κ2) is 8.20. The number of hydrogen-bond donors (Lipinski definition) is 1. The number of benzene rings is 2. The monoisotopic (exact) mass is 379 g/mol. The summed E-state index contributed by atoms with van der Waals surface area (Å²) in [6.07, 6.45) is 0. The maximum absolute atomic E-state index is 13.9. The number of amides is 2. The van der Waals surface area contributed by atoms with Crippen molar-refractivity contribution >= 4 is 17.4 Å². The average Bonchev–Trinajstić information content (AvgIpc) is 2.68. The van der Waals surface area contributed by atoms with Crippen LogP contribution in [0.4, 0.5) is 29.3 Å². The minimum atomic E-state index is -1.49. The van der Waals surface area contributed by atoms with E-state index in [9.17, 15) is 18.0 Å². The fourth-order valence-electron chi connectivity index (χ4n) is 2.96. The summed E-state index contributed by atoms with van der Waals surface area (Å²) in [5.74, 6) is -3.34. The van der Waals surface area contributed by atoms with Gasteiger partial charge in [0.05, 0.1) is 18.0 Å². The van der Waals surface area contributed by atoms with Crippen molar-refractivity contribution in [2.75, 3.05) is 43.0 Å². The highest BCUT2D eigenvalue weighted by atomic mass is 19.2. The van der Waals surface area contributed by atoms with Crippen molar-refractivity contribution in [1.82, 2.24) is 4.90 Å². The molecule has 2 amide bonds. The molecule has 1 aliphatic heterocycles. The van der Waals surface area contributed by atoms with Crippen LogP contribution in [0.3, 0.4) is 0 Å². The topological polar surface area (TPSA) is 44.8 Å². The maximum Gasteiger partial charge on any atom is 0.322 e. The van der Waals surface area contributed by atoms with Gasteiger partial charge in [0, 0.05) is 26.2 Å². The molecule has 0 unspecified atom stereocenters. The molecule has 27 heavy (non-hydrogen) atoms. The molecule has 1 N–H and O–H groups in total. The predicted octanol–water partition coefficient (Wildman–Crippen LogP) is 3.86. The van der Waals surface area contributed by atoms with Crippen molar-refractivity contribution < 1.29 is 22.7 Å². The lowest BCUT2D eigenvalue weighted by atomic mass is 10.2. The van der Waals surface area contributed by atoms with E-state index in [1.54, 1.807) is 28.0 Å². The molecule has 1 heterocycles. The lowest BCUT2D eigenvalue weighted by Crippen LogP contribution is -2.50. The number of carbonyl (C=O) groups excluding carboxylic acids is 1. The largest absolute Gasteiger partial charge is 0.492 e. The van der Waals surface area contributed by atoms with Gasteiger partial charge in [-0.05, 0) is 31.2 Å². The molecule has 1 aliphatic rings. The second-order valence-electron chi connectivity index (χ2n) is 6.03. The van der Waals surface area contributed by atoms with E-state index in [0.29, 0.717) is 44.2 Å². The number of halogens is 3. The molecular formula is C19H20F3N3O2. The Bertz CT molecular complexity index is 824. The third kappa shape index (κ3) is 4.10. The van der Waals surface area contributed by atoms with Crippen LogP contribution in [0.15, 0.2) is 36.4 Å². The van der Waals surface area contributed by atoms with Crippen molar-refractivity contribution in [3.63, 3.8) is 0 Å². The standard InChI is InChI=1S/C19H20F3N3O2/c1-2-27-16-6-4-3-5-14(16)23-19(26)25-11-9-24(10-12-25)15-8-7-13(20)17(21)18(15)22/h3-8H,2,9-12H2,1H3,(H,23,26). The van der Waals surface area contributed by atoms with Crippen molar-refractivity contribution in [3.8, 4) is 5.75 Å². The molecule has 0 saturated carbocycles. The molecule has 5 nitrogen and oxygen atoms in total. The van der Waals surface area contributed by atoms with Crippen LogP contribution in [-0.2, 0) is 0 Å². The summed E-state index contributed by atoms with van der Waals surface area (Å²) in [5, 5.41) is 2.81. The zero-order chi connectivity index (χ0) is 19.4. The molecule has 0 bridgehead atoms. The Kier molecular flexibility index (Phi) is 5.73. The van der Waals surface area contributed by atoms with Gasteiger partial charge in [-0.3, -0.25) is 0 Å². The van der Waals surface area contributed by atoms with E-state index in [1.165, 1.54) is 6.07 Å². The third-order valence-corrected chi connectivity index (χ3v) is 4.35. The highest BCUT2D eigenvalue weighted by Crippen LogP contribution is 2.26. The highest BCUT2D eigenvalue weighted by Gasteiger charge is 2.25. The fourth-order valence-corrected chi connectivity index (χ4v) is 2.96. The Morgan fingerprint density at radius 3 is 2.44 bits per heavy atom. The summed E-state index contributed by atoms with van der Waals surface area (Å²) in [7, 11) is 0. The Balaban J connectivity index is 1.63. The number of piperazine rings is 1. The smallest absolute Gasteiger partial charge is 0.322 e. The zero-order valence-corrected chi connectivity index (χ0v) is 14.8. The van der Waals surface area contributed by atoms with Crippen molar-refractivity contribution in [2.24, 2.45) is 0 Å². The van der Waals surface area contributed by atoms with Crippen molar-refractivity contribution in [3.05, 3.63) is 53.8 Å². The van der Waals surface area contributed by atoms with E-state index < -0.39 is 17.5 Å². The van der Waals surface area contributed by atoms with Crippen LogP contribution in [0.5, 0.6) is 5.75 Å². The third-order valence-electron chi connectivity index (χ3n) is 4.35. The first kappa shape index (κ1) is 18.9. The Hall–Kier alpha value is -2.90. The normalized spacial score (nSPS) is 14.2. The first-order valence-corrected chi connectivity index (χ1v) is 8.67. The summed E-state index contributed by atoms with van der Waals surface area (Å²) in [5.41, 5.74) is 0.564. The summed E-state index contributed by atoms with van der Waals surface area (Å²) >= 11 is 0. The number of carbonyl (C=O) groups is 1. The van der Waals surface area contributed by atoms with Crippen LogP contribution >= 0.6 is 0 Å². The molecule has 0 aromatic heterocycles. The van der Waals surface area contributed by atoms with Crippen LogP contribution < -0.4 is 15.0 Å². The molecule has 8 heteroatoms. The first-order chi connectivity index (χ1) is 13.0. The zero-order valence-electron chi connectivity index (χ0n) is 14.8. The molecule has 2 aromatic carbocycles. The number of nitrogens with zero attached hydrogens (tertiary/aromatic N) is 2. The summed E-state index contributed by atoms with van der Waals surface area (Å²) in [4.78, 5) is 15.7. The van der Waals surface area contributed by atoms with Gasteiger partial charge in [0.15, 0.2) is 17.5 Å². The molecular weight excluding hydrogens is 359 g/mol. The van der Waals surface area contributed by atoms with E-state index in [1.807, 2.05) is 13.0 Å². The summed E-state index contributed by atoms with van der Waals surface area (Å²) < 4.78 is 45.9. The maximum atomic E-state index is 13.9. The van der Waals surface area contributed by atoms with Crippen molar-refractivity contribution in [2.45, 2.75) is 6.92 Å². The van der Waals surface area contributed by atoms with Gasteiger partial charge in [0.2, 0.25) is 0 Å². The Morgan fingerprint density at radius 2 is 1.74 bits per heavy atom. The Labute approximate surface area is 155 Å². The number of urea groups is 1. The van der Waals surface area contributed by atoms with E-state index in [4.69, 9.17) is 4.74 Å². The van der Waals surface area contributed by atoms with E-state index in [0.717, 1.165) is 6.07 Å². The van der Waals surface area contributed by atoms with Gasteiger partial charge in [0.25, 0.3) is 0 Å². The van der Waals surface area contributed by atoms with Crippen LogP contribution in [0.25, 0.3) is 0 Å². The molecule has 0 radical (unpaired) electrons. The van der Waals surface area contributed by atoms with Gasteiger partial charge in [0.1, 0.15) is 5.75 Å². The van der Waals surface area contributed by atoms with Crippen LogP contribution in [0.2, 0.25) is 0 Å². The predicted molar refractivity (Wildman–Crippen MR) is 96.7 cm³/mol. The second-order valence-corrected chi connectivity index (χ2v) is 6.03. The van der Waals surface area contributed by atoms with Crippen molar-refractivity contribution in [1.29, 1.82) is 0 Å². The van der Waals surface area contributed by atoms with Gasteiger partial charge in [-0.15, -0.1) is 0 Å². The highest BCUT2D eigenvalue weighted by molar-refractivity contribution is 5.91. The molecule has 0 aliphatic carbocycles. The van der Waals surface area contributed by atoms with Crippen LogP contribution in [0, 0.1) is 17.5 Å². The van der Waals surface area contributed by atoms with E-state index in [-0.39, 0.29) is 11.7 Å². The number of para-hydroxylation sites is 2. The molecule has 0 atom stereocenters. The molecule has 3 rings (SSSR count). The Morgan fingerprint density at radius 1 is 1.04 bits per heavy atom. The quantitative estimate of drug-likeness (QED) is 0.821. The van der Waals surface area contributed by atoms with Gasteiger partial charge >= 0.3 is 6.03 Å². The average molecular weight is 379 g/mol. The summed E-state index contributed by atoms with van der Waals surface area (Å²) in [6.45, 7) is 3.59. The lowest BCUT2D eigenvalue weighted by molar-refractivity contribution is 0.208. The summed E-state index contributed by atoms with van der Waals surface area (Å²) in [6, 6.07) is 8.93. The van der Waals surface area contributed by atoms with Gasteiger partial charge < -0.3 is 19.9 Å². The van der Waals surface area contributed by atoms with Gasteiger partial charge in [-0.25, -0.2) is 18.0 Å². The number of ether oxygens (including phenoxy) is 1. The molecule has 2 aromatic rings. The van der Waals surface area contributed by atoms with Crippen LogP contribution in [-0.4, -0.2) is 43.7 Å². The first-order valence-electron chi connectivity index (χ1n) is 8.67. The molecule has 1 fully saturated rings. The number of hydrogen-bond acceptors (Lipinski definition) is 3. The lowest BCUT2D eigenvalue weighted by Gasteiger charge is -2.36. The number of rotatable bonds is 4. The number of anilines is 2. The molecule has 0 spiro atoms. The molecule has 1 saturated heterocycles. The van der Waals surface area contributed by atoms with E-state index in [2.05, 4.69) is 5.32 Å². The minimum Gasteiger partial charge on any atom is -0.492 e. The van der Waals surface area contributed by atoms with Gasteiger partial charge in [-0.1, -0.05) is 12.1 Å². The molecule has 144 valence electrons. The fraction of sp³-hybridized carbons (Fsp3) is 0.316. The van der Waals surface area contributed by atoms with Gasteiger partial charge in [-0.2, -0.15) is 0 Å². The minimum absolute atomic E-state index is 0.00403. The van der Waals surface area contributed by atoms with E-state index >= 15 is 0 Å². The SMILES string of the molecule is CCOc1ccccc1NC(=O)N1CCN(c2ccc(F)c(F)c2F)CC1.